The standard InChI is InChI=1S/C23H22N8/c1-3-18-14-22(31-21(25-18)12-13-24-31)30(2)15-16-8-10-17(11-9-16)19-6-4-5-7-20(19)23-26-28-29-27-23/h4-14H,3,15H2,1-2H3,(H,26,27,28,29). The summed E-state index contributed by atoms with van der Waals surface area (Å²) in [5.74, 6) is 1.69. The zero-order chi connectivity index (χ0) is 21.2. The van der Waals surface area contributed by atoms with Crippen LogP contribution in [0.3, 0.4) is 0 Å². The lowest BCUT2D eigenvalue weighted by molar-refractivity contribution is 0.822. The fourth-order valence-electron chi connectivity index (χ4n) is 3.76. The predicted molar refractivity (Wildman–Crippen MR) is 120 cm³/mol. The maximum absolute atomic E-state index is 4.64. The van der Waals surface area contributed by atoms with Crippen molar-refractivity contribution in [3.8, 4) is 22.5 Å². The van der Waals surface area contributed by atoms with Gasteiger partial charge in [0.05, 0.1) is 6.20 Å². The van der Waals surface area contributed by atoms with Gasteiger partial charge in [-0.2, -0.15) is 9.61 Å². The summed E-state index contributed by atoms with van der Waals surface area (Å²) in [6, 6.07) is 20.7. The predicted octanol–water partition coefficient (Wildman–Crippen LogP) is 3.78. The number of hydrogen-bond donors (Lipinski definition) is 1. The molecule has 154 valence electrons. The summed E-state index contributed by atoms with van der Waals surface area (Å²) in [5, 5.41) is 18.7. The van der Waals surface area contributed by atoms with E-state index < -0.39 is 0 Å². The van der Waals surface area contributed by atoms with Gasteiger partial charge in [0.25, 0.3) is 0 Å². The molecule has 31 heavy (non-hydrogen) atoms. The number of benzene rings is 2. The molecule has 0 aliphatic rings. The van der Waals surface area contributed by atoms with E-state index in [9.17, 15) is 0 Å². The van der Waals surface area contributed by atoms with Crippen molar-refractivity contribution in [3.05, 3.63) is 78.1 Å². The van der Waals surface area contributed by atoms with Crippen LogP contribution < -0.4 is 4.90 Å². The van der Waals surface area contributed by atoms with Crippen LogP contribution in [0.15, 0.2) is 66.9 Å². The molecule has 0 aliphatic heterocycles. The van der Waals surface area contributed by atoms with Gasteiger partial charge in [-0.05, 0) is 33.5 Å². The van der Waals surface area contributed by atoms with Crippen molar-refractivity contribution in [3.63, 3.8) is 0 Å². The molecule has 8 heteroatoms. The number of aromatic nitrogens is 7. The third kappa shape index (κ3) is 3.63. The van der Waals surface area contributed by atoms with Crippen LogP contribution in [0.1, 0.15) is 18.2 Å². The number of aryl methyl sites for hydroxylation is 1. The Morgan fingerprint density at radius 3 is 2.55 bits per heavy atom. The molecule has 1 N–H and O–H groups in total. The summed E-state index contributed by atoms with van der Waals surface area (Å²) in [6.07, 6.45) is 2.67. The molecule has 0 saturated carbocycles. The van der Waals surface area contributed by atoms with Gasteiger partial charge in [0.2, 0.25) is 0 Å². The number of fused-ring (bicyclic) bond motifs is 1. The van der Waals surface area contributed by atoms with E-state index in [4.69, 9.17) is 0 Å². The molecule has 0 unspecified atom stereocenters. The maximum atomic E-state index is 4.64. The molecule has 3 heterocycles. The molecule has 0 fully saturated rings. The molecule has 5 rings (SSSR count). The van der Waals surface area contributed by atoms with Gasteiger partial charge in [0.15, 0.2) is 11.5 Å². The highest BCUT2D eigenvalue weighted by Crippen LogP contribution is 2.30. The minimum atomic E-state index is 0.659. The number of anilines is 1. The van der Waals surface area contributed by atoms with Crippen molar-refractivity contribution >= 4 is 11.5 Å². The summed E-state index contributed by atoms with van der Waals surface area (Å²) in [7, 11) is 2.08. The monoisotopic (exact) mass is 410 g/mol. The Labute approximate surface area is 179 Å². The first-order valence-corrected chi connectivity index (χ1v) is 10.2. The first-order valence-electron chi connectivity index (χ1n) is 10.2. The number of hydrogen-bond acceptors (Lipinski definition) is 6. The molecule has 0 saturated heterocycles. The second-order valence-corrected chi connectivity index (χ2v) is 7.41. The summed E-state index contributed by atoms with van der Waals surface area (Å²) in [4.78, 5) is 6.83. The molecule has 0 atom stereocenters. The Balaban J connectivity index is 1.42. The van der Waals surface area contributed by atoms with Crippen LogP contribution >= 0.6 is 0 Å². The first kappa shape index (κ1) is 18.9. The molecule has 0 amide bonds. The number of aromatic amines is 1. The molecule has 3 aromatic heterocycles. The lowest BCUT2D eigenvalue weighted by Gasteiger charge is -2.21. The van der Waals surface area contributed by atoms with Gasteiger partial charge in [0.1, 0.15) is 5.82 Å². The summed E-state index contributed by atoms with van der Waals surface area (Å²) in [6.45, 7) is 2.88. The minimum absolute atomic E-state index is 0.659. The molecule has 8 nitrogen and oxygen atoms in total. The average Bonchev–Trinajstić information content (AvgIpc) is 3.51. The maximum Gasteiger partial charge on any atom is 0.180 e. The fraction of sp³-hybridized carbons (Fsp3) is 0.174. The van der Waals surface area contributed by atoms with Crippen molar-refractivity contribution in [2.24, 2.45) is 0 Å². The highest BCUT2D eigenvalue weighted by atomic mass is 15.5. The Hall–Kier alpha value is -4.07. The van der Waals surface area contributed by atoms with E-state index >= 15 is 0 Å². The van der Waals surface area contributed by atoms with Gasteiger partial charge >= 0.3 is 0 Å². The van der Waals surface area contributed by atoms with Crippen molar-refractivity contribution in [1.29, 1.82) is 0 Å². The number of tetrazole rings is 1. The Bertz CT molecular complexity index is 1310. The number of nitrogens with zero attached hydrogens (tertiary/aromatic N) is 7. The largest absolute Gasteiger partial charge is 0.355 e. The van der Waals surface area contributed by atoms with Crippen molar-refractivity contribution in [1.82, 2.24) is 35.2 Å². The minimum Gasteiger partial charge on any atom is -0.355 e. The van der Waals surface area contributed by atoms with Gasteiger partial charge in [-0.3, -0.25) is 0 Å². The Morgan fingerprint density at radius 1 is 1.00 bits per heavy atom. The third-order valence-corrected chi connectivity index (χ3v) is 5.36. The van der Waals surface area contributed by atoms with Crippen LogP contribution in [0.4, 0.5) is 5.82 Å². The fourth-order valence-corrected chi connectivity index (χ4v) is 3.76. The molecule has 0 spiro atoms. The Kier molecular flexibility index (Phi) is 4.87. The molecular weight excluding hydrogens is 388 g/mol. The summed E-state index contributed by atoms with van der Waals surface area (Å²) in [5.41, 5.74) is 6.31. The smallest absolute Gasteiger partial charge is 0.180 e. The van der Waals surface area contributed by atoms with Gasteiger partial charge in [-0.1, -0.05) is 55.5 Å². The lowest BCUT2D eigenvalue weighted by Crippen LogP contribution is -2.20. The normalized spacial score (nSPS) is 11.2. The van der Waals surface area contributed by atoms with E-state index in [2.05, 4.69) is 86.0 Å². The second-order valence-electron chi connectivity index (χ2n) is 7.41. The average molecular weight is 410 g/mol. The first-order chi connectivity index (χ1) is 15.2. The molecule has 0 bridgehead atoms. The van der Waals surface area contributed by atoms with Gasteiger partial charge in [0, 0.05) is 37.0 Å². The number of rotatable bonds is 6. The number of nitrogens with one attached hydrogen (secondary N) is 1. The van der Waals surface area contributed by atoms with Crippen molar-refractivity contribution in [2.75, 3.05) is 11.9 Å². The summed E-state index contributed by atoms with van der Waals surface area (Å²) >= 11 is 0. The van der Waals surface area contributed by atoms with E-state index in [1.165, 1.54) is 5.56 Å². The summed E-state index contributed by atoms with van der Waals surface area (Å²) < 4.78 is 1.88. The quantitative estimate of drug-likeness (QED) is 0.458. The lowest BCUT2D eigenvalue weighted by atomic mass is 9.98. The Morgan fingerprint density at radius 2 is 1.81 bits per heavy atom. The van der Waals surface area contributed by atoms with E-state index in [0.717, 1.165) is 46.8 Å². The zero-order valence-electron chi connectivity index (χ0n) is 17.4. The second kappa shape index (κ2) is 7.98. The third-order valence-electron chi connectivity index (χ3n) is 5.36. The van der Waals surface area contributed by atoms with Crippen LogP contribution in [-0.4, -0.2) is 42.3 Å². The topological polar surface area (TPSA) is 87.9 Å². The van der Waals surface area contributed by atoms with E-state index in [0.29, 0.717) is 5.82 Å². The molecule has 2 aromatic carbocycles. The molecule has 0 radical (unpaired) electrons. The van der Waals surface area contributed by atoms with Gasteiger partial charge < -0.3 is 4.90 Å². The van der Waals surface area contributed by atoms with Crippen LogP contribution in [0.2, 0.25) is 0 Å². The highest BCUT2D eigenvalue weighted by Gasteiger charge is 2.12. The van der Waals surface area contributed by atoms with E-state index in [1.54, 1.807) is 6.20 Å². The van der Waals surface area contributed by atoms with Crippen molar-refractivity contribution < 1.29 is 0 Å². The van der Waals surface area contributed by atoms with Crippen LogP contribution in [-0.2, 0) is 13.0 Å². The van der Waals surface area contributed by atoms with Crippen molar-refractivity contribution in [2.45, 2.75) is 19.9 Å². The van der Waals surface area contributed by atoms with Gasteiger partial charge in [-0.25, -0.2) is 10.1 Å². The number of H-pyrrole nitrogens is 1. The van der Waals surface area contributed by atoms with Crippen LogP contribution in [0.5, 0.6) is 0 Å². The molecule has 5 aromatic rings. The highest BCUT2D eigenvalue weighted by molar-refractivity contribution is 5.80. The van der Waals surface area contributed by atoms with Gasteiger partial charge in [-0.15, -0.1) is 5.10 Å². The SMILES string of the molecule is CCc1cc(N(C)Cc2ccc(-c3ccccc3-c3nnn[nH]3)cc2)n2nccc2n1. The van der Waals surface area contributed by atoms with E-state index in [1.807, 2.05) is 28.8 Å². The molecular formula is C23H22N8. The van der Waals surface area contributed by atoms with Crippen LogP contribution in [0.25, 0.3) is 28.2 Å². The zero-order valence-corrected chi connectivity index (χ0v) is 17.4. The van der Waals surface area contributed by atoms with E-state index in [-0.39, 0.29) is 0 Å². The van der Waals surface area contributed by atoms with Crippen LogP contribution in [0, 0.1) is 0 Å². The molecule has 0 aliphatic carbocycles.